The monoisotopic (exact) mass is 198 g/mol. The second-order valence-electron chi connectivity index (χ2n) is 3.85. The maximum Gasteiger partial charge on any atom is 0.0558 e. The van der Waals surface area contributed by atoms with Crippen molar-refractivity contribution in [2.24, 2.45) is 0 Å². The van der Waals surface area contributed by atoms with Gasteiger partial charge < -0.3 is 10.4 Å². The highest BCUT2D eigenvalue weighted by molar-refractivity contribution is 4.84. The zero-order chi connectivity index (χ0) is 10.2. The van der Waals surface area contributed by atoms with Crippen molar-refractivity contribution >= 4 is 0 Å². The number of hydrogen-bond acceptors (Lipinski definition) is 3. The minimum Gasteiger partial charge on any atom is -0.395 e. The third-order valence-electron chi connectivity index (χ3n) is 2.66. The molecule has 0 aliphatic carbocycles. The Morgan fingerprint density at radius 2 is 2.43 bits per heavy atom. The van der Waals surface area contributed by atoms with Crippen molar-refractivity contribution in [2.75, 3.05) is 32.8 Å². The van der Waals surface area contributed by atoms with Crippen molar-refractivity contribution in [1.82, 2.24) is 10.2 Å². The van der Waals surface area contributed by atoms with E-state index in [1.165, 1.54) is 12.8 Å². The molecule has 0 spiro atoms. The van der Waals surface area contributed by atoms with Crippen molar-refractivity contribution in [2.45, 2.75) is 25.8 Å². The first kappa shape index (κ1) is 11.7. The summed E-state index contributed by atoms with van der Waals surface area (Å²) in [6, 6.07) is 0.631. The van der Waals surface area contributed by atoms with Crippen LogP contribution in [0.15, 0.2) is 12.2 Å². The van der Waals surface area contributed by atoms with Gasteiger partial charge in [-0.2, -0.15) is 0 Å². The third kappa shape index (κ3) is 4.22. The molecular weight excluding hydrogens is 176 g/mol. The minimum absolute atomic E-state index is 0.254. The fourth-order valence-electron chi connectivity index (χ4n) is 1.88. The molecule has 1 unspecified atom stereocenters. The Morgan fingerprint density at radius 1 is 1.57 bits per heavy atom. The molecule has 0 aromatic rings. The summed E-state index contributed by atoms with van der Waals surface area (Å²) in [4.78, 5) is 2.29. The summed E-state index contributed by atoms with van der Waals surface area (Å²) in [7, 11) is 0. The average molecular weight is 198 g/mol. The second kappa shape index (κ2) is 6.98. The van der Waals surface area contributed by atoms with Crippen LogP contribution >= 0.6 is 0 Å². The highest BCUT2D eigenvalue weighted by Crippen LogP contribution is 2.06. The van der Waals surface area contributed by atoms with E-state index in [1.807, 2.05) is 6.92 Å². The van der Waals surface area contributed by atoms with Crippen LogP contribution in [-0.4, -0.2) is 48.8 Å². The molecule has 2 N–H and O–H groups in total. The highest BCUT2D eigenvalue weighted by atomic mass is 16.3. The third-order valence-corrected chi connectivity index (χ3v) is 2.66. The Bertz CT molecular complexity index is 165. The van der Waals surface area contributed by atoms with Crippen molar-refractivity contribution in [3.8, 4) is 0 Å². The summed E-state index contributed by atoms with van der Waals surface area (Å²) >= 11 is 0. The Labute approximate surface area is 86.8 Å². The molecule has 3 nitrogen and oxygen atoms in total. The van der Waals surface area contributed by atoms with Gasteiger partial charge in [0.15, 0.2) is 0 Å². The van der Waals surface area contributed by atoms with E-state index in [9.17, 15) is 0 Å². The van der Waals surface area contributed by atoms with Crippen LogP contribution in [0.3, 0.4) is 0 Å². The van der Waals surface area contributed by atoms with Gasteiger partial charge in [-0.1, -0.05) is 12.2 Å². The zero-order valence-electron chi connectivity index (χ0n) is 9.08. The Balaban J connectivity index is 2.25. The van der Waals surface area contributed by atoms with Crippen LogP contribution in [0.4, 0.5) is 0 Å². The summed E-state index contributed by atoms with van der Waals surface area (Å²) in [5.74, 6) is 0. The molecule has 0 aromatic heterocycles. The first-order valence-corrected chi connectivity index (χ1v) is 5.54. The van der Waals surface area contributed by atoms with E-state index in [2.05, 4.69) is 22.4 Å². The van der Waals surface area contributed by atoms with E-state index in [-0.39, 0.29) is 6.61 Å². The SMILES string of the molecule is C/C=C/CN(CCO)CC1CCCN1. The summed E-state index contributed by atoms with van der Waals surface area (Å²) in [6.45, 7) is 6.24. The second-order valence-corrected chi connectivity index (χ2v) is 3.85. The van der Waals surface area contributed by atoms with Crippen molar-refractivity contribution < 1.29 is 5.11 Å². The van der Waals surface area contributed by atoms with Crippen LogP contribution < -0.4 is 5.32 Å². The fourth-order valence-corrected chi connectivity index (χ4v) is 1.88. The lowest BCUT2D eigenvalue weighted by Gasteiger charge is -2.23. The molecule has 0 amide bonds. The molecule has 0 radical (unpaired) electrons. The van der Waals surface area contributed by atoms with Gasteiger partial charge in [-0.25, -0.2) is 0 Å². The molecule has 14 heavy (non-hydrogen) atoms. The molecule has 1 saturated heterocycles. The smallest absolute Gasteiger partial charge is 0.0558 e. The van der Waals surface area contributed by atoms with Gasteiger partial charge in [0.1, 0.15) is 0 Å². The van der Waals surface area contributed by atoms with E-state index in [1.54, 1.807) is 0 Å². The molecule has 1 aliphatic heterocycles. The van der Waals surface area contributed by atoms with Crippen molar-refractivity contribution in [3.05, 3.63) is 12.2 Å². The minimum atomic E-state index is 0.254. The maximum absolute atomic E-state index is 8.92. The Kier molecular flexibility index (Phi) is 5.83. The van der Waals surface area contributed by atoms with Gasteiger partial charge in [0.05, 0.1) is 6.61 Å². The molecule has 0 bridgehead atoms. The van der Waals surface area contributed by atoms with Crippen molar-refractivity contribution in [1.29, 1.82) is 0 Å². The summed E-state index contributed by atoms with van der Waals surface area (Å²) in [6.07, 6.45) is 6.77. The first-order chi connectivity index (χ1) is 6.86. The van der Waals surface area contributed by atoms with Crippen LogP contribution in [-0.2, 0) is 0 Å². The summed E-state index contributed by atoms with van der Waals surface area (Å²) in [5, 5.41) is 12.4. The maximum atomic E-state index is 8.92. The zero-order valence-corrected chi connectivity index (χ0v) is 9.08. The van der Waals surface area contributed by atoms with E-state index in [0.29, 0.717) is 6.04 Å². The molecule has 1 fully saturated rings. The number of aliphatic hydroxyl groups is 1. The summed E-state index contributed by atoms with van der Waals surface area (Å²) in [5.41, 5.74) is 0. The number of nitrogens with zero attached hydrogens (tertiary/aromatic N) is 1. The summed E-state index contributed by atoms with van der Waals surface area (Å²) < 4.78 is 0. The first-order valence-electron chi connectivity index (χ1n) is 5.54. The predicted octanol–water partition coefficient (Wildman–Crippen LogP) is 0.609. The lowest BCUT2D eigenvalue weighted by Crippen LogP contribution is -2.39. The number of nitrogens with one attached hydrogen (secondary N) is 1. The number of aliphatic hydroxyl groups excluding tert-OH is 1. The van der Waals surface area contributed by atoms with Crippen LogP contribution in [0, 0.1) is 0 Å². The molecule has 1 heterocycles. The van der Waals surface area contributed by atoms with E-state index in [4.69, 9.17) is 5.11 Å². The van der Waals surface area contributed by atoms with Crippen LogP contribution in [0.5, 0.6) is 0 Å². The average Bonchev–Trinajstić information content (AvgIpc) is 2.67. The van der Waals surface area contributed by atoms with Gasteiger partial charge >= 0.3 is 0 Å². The van der Waals surface area contributed by atoms with Gasteiger partial charge in [0, 0.05) is 25.7 Å². The Hall–Kier alpha value is -0.380. The lowest BCUT2D eigenvalue weighted by atomic mass is 10.2. The molecule has 1 aliphatic rings. The highest BCUT2D eigenvalue weighted by Gasteiger charge is 2.16. The topological polar surface area (TPSA) is 35.5 Å². The fraction of sp³-hybridized carbons (Fsp3) is 0.818. The predicted molar refractivity (Wildman–Crippen MR) is 59.4 cm³/mol. The van der Waals surface area contributed by atoms with E-state index < -0.39 is 0 Å². The molecule has 0 aromatic carbocycles. The quantitative estimate of drug-likeness (QED) is 0.614. The van der Waals surface area contributed by atoms with E-state index >= 15 is 0 Å². The van der Waals surface area contributed by atoms with Gasteiger partial charge in [-0.05, 0) is 26.3 Å². The molecule has 0 saturated carbocycles. The number of rotatable bonds is 6. The Morgan fingerprint density at radius 3 is 3.00 bits per heavy atom. The van der Waals surface area contributed by atoms with Gasteiger partial charge in [0.25, 0.3) is 0 Å². The van der Waals surface area contributed by atoms with Crippen LogP contribution in [0.2, 0.25) is 0 Å². The molecule has 1 rings (SSSR count). The number of hydrogen-bond donors (Lipinski definition) is 2. The normalized spacial score (nSPS) is 22.6. The van der Waals surface area contributed by atoms with Crippen LogP contribution in [0.25, 0.3) is 0 Å². The molecule has 82 valence electrons. The number of allylic oxidation sites excluding steroid dienone is 1. The largest absolute Gasteiger partial charge is 0.395 e. The van der Waals surface area contributed by atoms with E-state index in [0.717, 1.165) is 26.2 Å². The van der Waals surface area contributed by atoms with Crippen molar-refractivity contribution in [3.63, 3.8) is 0 Å². The van der Waals surface area contributed by atoms with Gasteiger partial charge in [-0.15, -0.1) is 0 Å². The van der Waals surface area contributed by atoms with Gasteiger partial charge in [0.2, 0.25) is 0 Å². The van der Waals surface area contributed by atoms with Crippen LogP contribution in [0.1, 0.15) is 19.8 Å². The molecule has 1 atom stereocenters. The van der Waals surface area contributed by atoms with Gasteiger partial charge in [-0.3, -0.25) is 4.90 Å². The molecular formula is C11H22N2O. The lowest BCUT2D eigenvalue weighted by molar-refractivity contribution is 0.197. The standard InChI is InChI=1S/C11H22N2O/c1-2-3-7-13(8-9-14)10-11-5-4-6-12-11/h2-3,11-12,14H,4-10H2,1H3/b3-2+. The molecule has 3 heteroatoms.